The van der Waals surface area contributed by atoms with Gasteiger partial charge in [-0.05, 0) is 195 Å². The molecule has 0 fully saturated rings. The first-order valence-corrected chi connectivity index (χ1v) is 42.8. The monoisotopic (exact) mass is 1610 g/mol. The molecule has 126 heavy (non-hydrogen) atoms. The molecule has 8 aliphatic heterocycles. The molecule has 0 spiro atoms. The second kappa shape index (κ2) is 31.1. The standard InChI is InChI=1S/3C30H19BO2.C24H15BO2/c1-3-9-20(10-4-1)22-17-18-24-28(19-22)32-26-15-8-16-27-29(26)31(24)25-14-7-13-23(30(25)33-27)21-11-5-2-6-12-21;1-3-9-20(10-4-1)22-17-18-26-25(19-22)31-24-14-7-13-23(21-11-5-2-6-12-21)30(24)33-28-16-8-15-27(32-26)29(28)31;1-3-8-20(9-4-1)22-15-17-26-25(18-22)31-24-16-14-23(21-10-5-2-6-11-21)19-29(24)33-28-13-7-12-27(32-26)30(28)31;1-2-7-16(8-3-1)17-13-14-21-19(15-17)25-18-9-4-5-10-20(18)26-22-11-6-12-23(27-21)24(22)25/h3*1-19H;1-15H. The summed E-state index contributed by atoms with van der Waals surface area (Å²) in [6.07, 6.45) is 0. The fourth-order valence-corrected chi connectivity index (χ4v) is 19.5. The predicted octanol–water partition coefficient (Wildman–Crippen LogP) is 21.3. The molecule has 8 aliphatic rings. The first-order chi connectivity index (χ1) is 62.5. The van der Waals surface area contributed by atoms with E-state index < -0.39 is 0 Å². The molecule has 0 N–H and O–H groups in total. The van der Waals surface area contributed by atoms with Crippen LogP contribution in [0.1, 0.15) is 0 Å². The fraction of sp³-hybridized carbons (Fsp3) is 0. The molecule has 0 saturated heterocycles. The maximum absolute atomic E-state index is 6.56. The lowest BCUT2D eigenvalue weighted by molar-refractivity contribution is 0.464. The van der Waals surface area contributed by atoms with E-state index in [1.54, 1.807) is 0 Å². The van der Waals surface area contributed by atoms with Gasteiger partial charge in [-0.2, -0.15) is 0 Å². The van der Waals surface area contributed by atoms with Crippen LogP contribution in [0.5, 0.6) is 92.0 Å². The van der Waals surface area contributed by atoms with Crippen molar-refractivity contribution in [1.29, 1.82) is 0 Å². The molecule has 19 aromatic rings. The van der Waals surface area contributed by atoms with Gasteiger partial charge in [0.05, 0.1) is 0 Å². The van der Waals surface area contributed by atoms with Crippen LogP contribution in [-0.4, -0.2) is 26.9 Å². The molecule has 0 bridgehead atoms. The highest BCUT2D eigenvalue weighted by Crippen LogP contribution is 2.45. The maximum Gasteiger partial charge on any atom is 0.260 e. The van der Waals surface area contributed by atoms with Crippen molar-refractivity contribution < 1.29 is 37.9 Å². The van der Waals surface area contributed by atoms with Crippen molar-refractivity contribution in [3.63, 3.8) is 0 Å². The highest BCUT2D eigenvalue weighted by molar-refractivity contribution is 7.00. The third kappa shape index (κ3) is 13.0. The van der Waals surface area contributed by atoms with Crippen LogP contribution in [-0.2, 0) is 0 Å². The van der Waals surface area contributed by atoms with Crippen LogP contribution in [0.3, 0.4) is 0 Å². The Bertz CT molecular complexity index is 7360. The average Bonchev–Trinajstić information content (AvgIpc) is 0.736. The molecule has 0 atom stereocenters. The van der Waals surface area contributed by atoms with Gasteiger partial charge in [-0.15, -0.1) is 0 Å². The molecule has 0 unspecified atom stereocenters. The fourth-order valence-electron chi connectivity index (χ4n) is 19.5. The summed E-state index contributed by atoms with van der Waals surface area (Å²) < 4.78 is 51.1. The van der Waals surface area contributed by atoms with E-state index in [9.17, 15) is 0 Å². The Hall–Kier alpha value is -16.2. The van der Waals surface area contributed by atoms with Gasteiger partial charge >= 0.3 is 0 Å². The second-order valence-corrected chi connectivity index (χ2v) is 32.5. The number of ether oxygens (including phenoxy) is 8. The van der Waals surface area contributed by atoms with Crippen LogP contribution in [0, 0.1) is 0 Å². The van der Waals surface area contributed by atoms with E-state index >= 15 is 0 Å². The smallest absolute Gasteiger partial charge is 0.260 e. The molecule has 19 aromatic carbocycles. The summed E-state index contributed by atoms with van der Waals surface area (Å²) in [5, 5.41) is 0. The van der Waals surface area contributed by atoms with E-state index in [0.29, 0.717) is 0 Å². The number of para-hydroxylation sites is 3. The molecule has 0 radical (unpaired) electrons. The Morgan fingerprint density at radius 3 is 0.659 bits per heavy atom. The van der Waals surface area contributed by atoms with Crippen molar-refractivity contribution in [2.24, 2.45) is 0 Å². The molecule has 12 heteroatoms. The van der Waals surface area contributed by atoms with Gasteiger partial charge in [-0.3, -0.25) is 0 Å². The van der Waals surface area contributed by atoms with Crippen LogP contribution < -0.4 is 103 Å². The molecule has 0 saturated carbocycles. The van der Waals surface area contributed by atoms with Crippen LogP contribution >= 0.6 is 0 Å². The molecule has 0 amide bonds. The summed E-state index contributed by atoms with van der Waals surface area (Å²) in [7, 11) is 0. The van der Waals surface area contributed by atoms with E-state index in [1.807, 2.05) is 127 Å². The van der Waals surface area contributed by atoms with Crippen molar-refractivity contribution in [2.45, 2.75) is 0 Å². The van der Waals surface area contributed by atoms with Crippen LogP contribution in [0.15, 0.2) is 437 Å². The number of hydrogen-bond donors (Lipinski definition) is 0. The SMILES string of the molecule is c1ccc(-c2ccc3c(c2)B2c4cccc(-c5ccccc5)c4Oc4cccc(c42)O3)cc1.c1ccc(-c2ccc3c(c2)B2c4ccccc4Oc4cccc(c42)O3)cc1.c1ccc(-c2ccc3c(c2)Oc2cccc4c2B3c2cc(-c3ccccc3)ccc2O4)cc1.c1ccc(-c2ccc3c(c2)Oc2cccc4c2B3c2cccc(-c3ccccc3)c2O4)cc1. The molecule has 8 heterocycles. The van der Waals surface area contributed by atoms with Crippen molar-refractivity contribution in [3.8, 4) is 170 Å². The minimum absolute atomic E-state index is 0.0519. The first-order valence-electron chi connectivity index (χ1n) is 42.8. The zero-order chi connectivity index (χ0) is 83.1. The lowest BCUT2D eigenvalue weighted by atomic mass is 9.34. The van der Waals surface area contributed by atoms with Crippen molar-refractivity contribution >= 4 is 92.4 Å². The number of fused-ring (bicyclic) bond motifs is 16. The van der Waals surface area contributed by atoms with Gasteiger partial charge in [0.15, 0.2) is 0 Å². The van der Waals surface area contributed by atoms with Crippen LogP contribution in [0.25, 0.3) is 77.9 Å². The number of benzene rings is 19. The van der Waals surface area contributed by atoms with Gasteiger partial charge in [0.2, 0.25) is 0 Å². The summed E-state index contributed by atoms with van der Waals surface area (Å²) >= 11 is 0. The van der Waals surface area contributed by atoms with Gasteiger partial charge in [0.25, 0.3) is 26.9 Å². The minimum atomic E-state index is 0.0519. The summed E-state index contributed by atoms with van der Waals surface area (Å²) in [5.41, 5.74) is 30.2. The zero-order valence-electron chi connectivity index (χ0n) is 68.1. The Morgan fingerprint density at radius 1 is 0.119 bits per heavy atom. The van der Waals surface area contributed by atoms with Crippen LogP contribution in [0.4, 0.5) is 0 Å². The normalized spacial score (nSPS) is 12.7. The summed E-state index contributed by atoms with van der Waals surface area (Å²) in [6.45, 7) is 0.305. The molecule has 8 nitrogen and oxygen atoms in total. The summed E-state index contributed by atoms with van der Waals surface area (Å²) in [6, 6.07) is 151. The van der Waals surface area contributed by atoms with E-state index in [-0.39, 0.29) is 26.9 Å². The third-order valence-electron chi connectivity index (χ3n) is 25.3. The molecule has 0 aliphatic carbocycles. The van der Waals surface area contributed by atoms with E-state index in [2.05, 4.69) is 309 Å². The quantitative estimate of drug-likeness (QED) is 0.146. The van der Waals surface area contributed by atoms with Crippen molar-refractivity contribution in [3.05, 3.63) is 437 Å². The van der Waals surface area contributed by atoms with E-state index in [0.717, 1.165) is 147 Å². The van der Waals surface area contributed by atoms with Gasteiger partial charge < -0.3 is 37.9 Å². The Kier molecular flexibility index (Phi) is 18.2. The van der Waals surface area contributed by atoms with Crippen LogP contribution in [0.2, 0.25) is 0 Å². The van der Waals surface area contributed by atoms with Gasteiger partial charge in [-0.25, -0.2) is 0 Å². The number of hydrogen-bond acceptors (Lipinski definition) is 8. The minimum Gasteiger partial charge on any atom is -0.458 e. The van der Waals surface area contributed by atoms with E-state index in [1.165, 1.54) is 88.2 Å². The Morgan fingerprint density at radius 2 is 0.333 bits per heavy atom. The molecular weight excluding hydrogens is 1540 g/mol. The topological polar surface area (TPSA) is 73.8 Å². The molecule has 27 rings (SSSR count). The lowest BCUT2D eigenvalue weighted by Gasteiger charge is -2.34. The summed E-state index contributed by atoms with van der Waals surface area (Å²) in [4.78, 5) is 0. The van der Waals surface area contributed by atoms with Gasteiger partial charge in [0, 0.05) is 33.0 Å². The Balaban J connectivity index is 0.0000000942. The molecule has 588 valence electrons. The highest BCUT2D eigenvalue weighted by Gasteiger charge is 2.46. The molecule has 0 aromatic heterocycles. The highest BCUT2D eigenvalue weighted by atomic mass is 16.5. The maximum atomic E-state index is 6.56. The average molecular weight is 1610 g/mol. The van der Waals surface area contributed by atoms with Crippen molar-refractivity contribution in [2.75, 3.05) is 0 Å². The lowest BCUT2D eigenvalue weighted by Crippen LogP contribution is -2.57. The molecular formula is C114H72B4O8. The second-order valence-electron chi connectivity index (χ2n) is 32.5. The number of rotatable bonds is 7. The van der Waals surface area contributed by atoms with Gasteiger partial charge in [-0.1, -0.05) is 352 Å². The largest absolute Gasteiger partial charge is 0.458 e. The zero-order valence-corrected chi connectivity index (χ0v) is 68.1. The first kappa shape index (κ1) is 73.7. The van der Waals surface area contributed by atoms with E-state index in [4.69, 9.17) is 37.9 Å². The predicted molar refractivity (Wildman–Crippen MR) is 515 cm³/mol. The summed E-state index contributed by atoms with van der Waals surface area (Å²) in [5.74, 6) is 14.3. The third-order valence-corrected chi connectivity index (χ3v) is 25.3. The van der Waals surface area contributed by atoms with Crippen molar-refractivity contribution in [1.82, 2.24) is 0 Å². The van der Waals surface area contributed by atoms with Gasteiger partial charge in [0.1, 0.15) is 92.0 Å². The Labute approximate surface area is 732 Å².